The van der Waals surface area contributed by atoms with Crippen LogP contribution in [0.5, 0.6) is 0 Å². The van der Waals surface area contributed by atoms with Crippen molar-refractivity contribution in [2.45, 2.75) is 6.18 Å². The zero-order valence-electron chi connectivity index (χ0n) is 8.92. The van der Waals surface area contributed by atoms with E-state index in [0.717, 1.165) is 4.90 Å². The third kappa shape index (κ3) is 2.85. The molecule has 0 bridgehead atoms. The van der Waals surface area contributed by atoms with Gasteiger partial charge in [-0.15, -0.1) is 0 Å². The van der Waals surface area contributed by atoms with Gasteiger partial charge in [0.1, 0.15) is 0 Å². The van der Waals surface area contributed by atoms with Gasteiger partial charge in [-0.1, -0.05) is 0 Å². The highest BCUT2D eigenvalue weighted by molar-refractivity contribution is 5.78. The highest BCUT2D eigenvalue weighted by Gasteiger charge is 2.50. The quantitative estimate of drug-likeness (QED) is 0.720. The zero-order chi connectivity index (χ0) is 12.3. The van der Waals surface area contributed by atoms with Crippen molar-refractivity contribution >= 4 is 5.91 Å². The summed E-state index contributed by atoms with van der Waals surface area (Å²) in [5.41, 5.74) is 0. The molecule has 1 aliphatic rings. The van der Waals surface area contributed by atoms with Gasteiger partial charge in [0.05, 0.1) is 12.5 Å². The molecule has 7 heteroatoms. The van der Waals surface area contributed by atoms with Gasteiger partial charge in [0, 0.05) is 25.6 Å². The maximum absolute atomic E-state index is 12.6. The van der Waals surface area contributed by atoms with Crippen molar-refractivity contribution in [3.63, 3.8) is 0 Å². The summed E-state index contributed by atoms with van der Waals surface area (Å²) in [4.78, 5) is 12.5. The van der Waals surface area contributed by atoms with Crippen LogP contribution in [0.15, 0.2) is 0 Å². The molecule has 0 aromatic carbocycles. The minimum Gasteiger partial charge on any atom is -0.396 e. The molecule has 1 aliphatic heterocycles. The number of halogens is 3. The van der Waals surface area contributed by atoms with Crippen LogP contribution in [0.2, 0.25) is 0 Å². The van der Waals surface area contributed by atoms with Crippen LogP contribution in [0.1, 0.15) is 0 Å². The average Bonchev–Trinajstić information content (AvgIpc) is 2.61. The lowest BCUT2D eigenvalue weighted by Crippen LogP contribution is -2.36. The van der Waals surface area contributed by atoms with E-state index >= 15 is 0 Å². The predicted octanol–water partition coefficient (Wildman–Crippen LogP) is -0.165. The monoisotopic (exact) mass is 240 g/mol. The minimum absolute atomic E-state index is 0.0166. The predicted molar refractivity (Wildman–Crippen MR) is 50.6 cm³/mol. The molecule has 0 spiro atoms. The summed E-state index contributed by atoms with van der Waals surface area (Å²) in [6, 6.07) is 0. The molecule has 0 aromatic heterocycles. The van der Waals surface area contributed by atoms with Gasteiger partial charge in [-0.25, -0.2) is 0 Å². The molecule has 1 rings (SSSR count). The molecule has 0 radical (unpaired) electrons. The lowest BCUT2D eigenvalue weighted by molar-refractivity contribution is -0.183. The number of nitrogens with one attached hydrogen (secondary N) is 1. The van der Waals surface area contributed by atoms with Crippen LogP contribution in [0, 0.1) is 11.8 Å². The largest absolute Gasteiger partial charge is 0.396 e. The van der Waals surface area contributed by atoms with Crippen LogP contribution >= 0.6 is 0 Å². The Morgan fingerprint density at radius 1 is 1.50 bits per heavy atom. The highest BCUT2D eigenvalue weighted by atomic mass is 19.4. The van der Waals surface area contributed by atoms with Gasteiger partial charge in [-0.05, 0) is 7.05 Å². The van der Waals surface area contributed by atoms with Gasteiger partial charge < -0.3 is 15.3 Å². The Morgan fingerprint density at radius 2 is 2.12 bits per heavy atom. The molecule has 16 heavy (non-hydrogen) atoms. The second-order valence-corrected chi connectivity index (χ2v) is 3.92. The van der Waals surface area contributed by atoms with Crippen molar-refractivity contribution in [1.82, 2.24) is 10.2 Å². The van der Waals surface area contributed by atoms with Crippen molar-refractivity contribution < 1.29 is 23.1 Å². The maximum atomic E-state index is 12.6. The molecule has 2 atom stereocenters. The van der Waals surface area contributed by atoms with E-state index in [-0.39, 0.29) is 25.5 Å². The number of likely N-dealkylation sites (N-methyl/N-ethyl adjacent to an activating group) is 1. The van der Waals surface area contributed by atoms with Crippen LogP contribution in [0.3, 0.4) is 0 Å². The SMILES string of the molecule is CNCC(=O)N1CC(CO)C(C(F)(F)F)C1. The summed E-state index contributed by atoms with van der Waals surface area (Å²) in [5.74, 6) is -2.88. The number of nitrogens with zero attached hydrogens (tertiary/aromatic N) is 1. The lowest BCUT2D eigenvalue weighted by atomic mass is 9.97. The molecule has 0 aliphatic carbocycles. The Balaban J connectivity index is 2.67. The van der Waals surface area contributed by atoms with Gasteiger partial charge in [0.2, 0.25) is 5.91 Å². The van der Waals surface area contributed by atoms with Crippen LogP contribution < -0.4 is 5.32 Å². The number of carbonyl (C=O) groups is 1. The van der Waals surface area contributed by atoms with Gasteiger partial charge in [-0.3, -0.25) is 4.79 Å². The van der Waals surface area contributed by atoms with Crippen LogP contribution in [0.25, 0.3) is 0 Å². The van der Waals surface area contributed by atoms with E-state index in [1.807, 2.05) is 0 Å². The van der Waals surface area contributed by atoms with Crippen molar-refractivity contribution in [2.75, 3.05) is 33.3 Å². The molecular weight excluding hydrogens is 225 g/mol. The number of hydrogen-bond donors (Lipinski definition) is 2. The number of alkyl halides is 3. The maximum Gasteiger partial charge on any atom is 0.393 e. The summed E-state index contributed by atoms with van der Waals surface area (Å²) in [6.45, 7) is -0.910. The lowest BCUT2D eigenvalue weighted by Gasteiger charge is -2.19. The molecule has 0 aromatic rings. The molecular formula is C9H15F3N2O2. The van der Waals surface area contributed by atoms with Crippen molar-refractivity contribution in [3.8, 4) is 0 Å². The first-order valence-corrected chi connectivity index (χ1v) is 5.00. The van der Waals surface area contributed by atoms with Crippen molar-refractivity contribution in [3.05, 3.63) is 0 Å². The van der Waals surface area contributed by atoms with Gasteiger partial charge in [0.25, 0.3) is 0 Å². The van der Waals surface area contributed by atoms with E-state index < -0.39 is 24.6 Å². The second kappa shape index (κ2) is 5.01. The molecule has 1 saturated heterocycles. The standard InChI is InChI=1S/C9H15F3N2O2/c1-13-2-8(16)14-3-6(5-15)7(4-14)9(10,11)12/h6-7,13,15H,2-5H2,1H3. The number of rotatable bonds is 3. The van der Waals surface area contributed by atoms with Crippen LogP contribution in [-0.4, -0.2) is 55.4 Å². The number of hydrogen-bond acceptors (Lipinski definition) is 3. The van der Waals surface area contributed by atoms with E-state index in [4.69, 9.17) is 5.11 Å². The van der Waals surface area contributed by atoms with E-state index in [1.165, 1.54) is 0 Å². The second-order valence-electron chi connectivity index (χ2n) is 3.92. The normalized spacial score (nSPS) is 26.2. The summed E-state index contributed by atoms with van der Waals surface area (Å²) in [7, 11) is 1.55. The van der Waals surface area contributed by atoms with Crippen molar-refractivity contribution in [2.24, 2.45) is 11.8 Å². The van der Waals surface area contributed by atoms with E-state index in [0.29, 0.717) is 0 Å². The zero-order valence-corrected chi connectivity index (χ0v) is 8.92. The molecule has 1 fully saturated rings. The van der Waals surface area contributed by atoms with E-state index in [9.17, 15) is 18.0 Å². The molecule has 94 valence electrons. The fraction of sp³-hybridized carbons (Fsp3) is 0.889. The Kier molecular flexibility index (Phi) is 4.15. The number of likely N-dealkylation sites (tertiary alicyclic amines) is 1. The average molecular weight is 240 g/mol. The number of aliphatic hydroxyl groups excluding tert-OH is 1. The number of carbonyl (C=O) groups excluding carboxylic acids is 1. The van der Waals surface area contributed by atoms with Gasteiger partial charge >= 0.3 is 6.18 Å². The Labute approximate surface area is 91.4 Å². The summed E-state index contributed by atoms with van der Waals surface area (Å²) in [5, 5.41) is 11.5. The first kappa shape index (κ1) is 13.2. The van der Waals surface area contributed by atoms with E-state index in [2.05, 4.69) is 5.32 Å². The first-order chi connectivity index (χ1) is 7.40. The smallest absolute Gasteiger partial charge is 0.393 e. The highest BCUT2D eigenvalue weighted by Crippen LogP contribution is 2.37. The fourth-order valence-corrected chi connectivity index (χ4v) is 1.89. The topological polar surface area (TPSA) is 52.6 Å². The van der Waals surface area contributed by atoms with Crippen molar-refractivity contribution in [1.29, 1.82) is 0 Å². The third-order valence-corrected chi connectivity index (χ3v) is 2.78. The third-order valence-electron chi connectivity index (χ3n) is 2.78. The van der Waals surface area contributed by atoms with Gasteiger partial charge in [-0.2, -0.15) is 13.2 Å². The van der Waals surface area contributed by atoms with Crippen LogP contribution in [0.4, 0.5) is 13.2 Å². The molecule has 4 nitrogen and oxygen atoms in total. The van der Waals surface area contributed by atoms with Gasteiger partial charge in [0.15, 0.2) is 0 Å². The molecule has 2 unspecified atom stereocenters. The molecule has 1 amide bonds. The Hall–Kier alpha value is -0.820. The number of aliphatic hydroxyl groups is 1. The Morgan fingerprint density at radius 3 is 2.50 bits per heavy atom. The molecule has 0 saturated carbocycles. The molecule has 1 heterocycles. The first-order valence-electron chi connectivity index (χ1n) is 5.00. The Bertz CT molecular complexity index is 258. The number of amides is 1. The summed E-state index contributed by atoms with van der Waals surface area (Å²) in [6.07, 6.45) is -4.36. The van der Waals surface area contributed by atoms with Crippen LogP contribution in [-0.2, 0) is 4.79 Å². The fourth-order valence-electron chi connectivity index (χ4n) is 1.89. The summed E-state index contributed by atoms with van der Waals surface area (Å²) >= 11 is 0. The summed E-state index contributed by atoms with van der Waals surface area (Å²) < 4.78 is 37.7. The minimum atomic E-state index is -4.36. The van der Waals surface area contributed by atoms with E-state index in [1.54, 1.807) is 7.05 Å². The molecule has 2 N–H and O–H groups in total.